The summed E-state index contributed by atoms with van der Waals surface area (Å²) in [6, 6.07) is 2.88. The van der Waals surface area contributed by atoms with Crippen molar-refractivity contribution in [1.82, 2.24) is 28.8 Å². The van der Waals surface area contributed by atoms with Gasteiger partial charge in [-0.1, -0.05) is 19.6 Å². The Labute approximate surface area is 209 Å². The maximum atomic E-state index is 12.5. The zero-order valence-electron chi connectivity index (χ0n) is 20.6. The normalized spacial score (nSPS) is 22.2. The van der Waals surface area contributed by atoms with Gasteiger partial charge in [0.1, 0.15) is 29.5 Å². The number of nitrogens with two attached hydrogens (primary N) is 1. The summed E-state index contributed by atoms with van der Waals surface area (Å²) in [5, 5.41) is 1.73. The van der Waals surface area contributed by atoms with Crippen LogP contribution in [0.15, 0.2) is 18.6 Å². The Balaban J connectivity index is 1.31. The Morgan fingerprint density at radius 1 is 1.34 bits per heavy atom. The van der Waals surface area contributed by atoms with Crippen molar-refractivity contribution in [1.29, 1.82) is 0 Å². The first kappa shape index (κ1) is 23.9. The molecule has 2 atom stereocenters. The predicted octanol–water partition coefficient (Wildman–Crippen LogP) is 3.08. The van der Waals surface area contributed by atoms with E-state index in [0.717, 1.165) is 53.9 Å². The van der Waals surface area contributed by atoms with Crippen molar-refractivity contribution in [2.45, 2.75) is 56.8 Å². The smallest absolute Gasteiger partial charge is 0.328 e. The maximum Gasteiger partial charge on any atom is 0.328 e. The lowest BCUT2D eigenvalue weighted by Gasteiger charge is -2.54. The fraction of sp³-hybridized carbons (Fsp3) is 0.591. The Bertz CT molecular complexity index is 1230. The molecule has 2 fully saturated rings. The summed E-state index contributed by atoms with van der Waals surface area (Å²) < 4.78 is 17.2. The monoisotopic (exact) mass is 516 g/mol. The summed E-state index contributed by atoms with van der Waals surface area (Å²) in [4.78, 5) is 30.0. The fourth-order valence-electron chi connectivity index (χ4n) is 5.08. The van der Waals surface area contributed by atoms with Gasteiger partial charge in [0.05, 0.1) is 24.1 Å². The van der Waals surface area contributed by atoms with Crippen molar-refractivity contribution in [2.75, 3.05) is 31.7 Å². The number of ether oxygens (including phenoxy) is 2. The summed E-state index contributed by atoms with van der Waals surface area (Å²) in [5.41, 5.74) is 6.35. The number of amides is 2. The van der Waals surface area contributed by atoms with Crippen LogP contribution in [0, 0.1) is 0 Å². The molecule has 1 spiro atoms. The molecular weight excluding hydrogens is 484 g/mol. The molecule has 3 aromatic heterocycles. The zero-order chi connectivity index (χ0) is 24.8. The number of nitrogens with zero attached hydrogens (tertiary/aromatic N) is 7. The van der Waals surface area contributed by atoms with Gasteiger partial charge in [0.2, 0.25) is 0 Å². The maximum absolute atomic E-state index is 12.5. The van der Waals surface area contributed by atoms with Gasteiger partial charge in [0.25, 0.3) is 0 Å². The number of rotatable bonds is 8. The second-order valence-corrected chi connectivity index (χ2v) is 16.9. The molecule has 2 amide bonds. The Kier molecular flexibility index (Phi) is 6.17. The Morgan fingerprint density at radius 2 is 2.17 bits per heavy atom. The van der Waals surface area contributed by atoms with E-state index in [1.807, 2.05) is 16.8 Å². The molecule has 188 valence electrons. The van der Waals surface area contributed by atoms with E-state index in [2.05, 4.69) is 43.9 Å². The summed E-state index contributed by atoms with van der Waals surface area (Å²) >= 11 is 1.25. The predicted molar refractivity (Wildman–Crippen MR) is 136 cm³/mol. The number of methoxy groups -OCH3 is 1. The third-order valence-corrected chi connectivity index (χ3v) is 9.42. The van der Waals surface area contributed by atoms with Gasteiger partial charge in [-0.05, 0) is 36.5 Å². The van der Waals surface area contributed by atoms with Gasteiger partial charge < -0.3 is 29.6 Å². The van der Waals surface area contributed by atoms with E-state index < -0.39 is 14.1 Å². The number of anilines is 1. The largest absolute Gasteiger partial charge is 0.466 e. The van der Waals surface area contributed by atoms with Crippen LogP contribution in [0.5, 0.6) is 6.01 Å². The van der Waals surface area contributed by atoms with E-state index in [9.17, 15) is 4.79 Å². The van der Waals surface area contributed by atoms with Crippen LogP contribution in [0.25, 0.3) is 11.0 Å². The number of urea groups is 1. The molecule has 2 saturated heterocycles. The van der Waals surface area contributed by atoms with E-state index in [1.54, 1.807) is 11.2 Å². The first-order valence-corrected chi connectivity index (χ1v) is 16.3. The Hall–Kier alpha value is -2.77. The van der Waals surface area contributed by atoms with E-state index in [4.69, 9.17) is 15.2 Å². The van der Waals surface area contributed by atoms with Crippen LogP contribution in [0.4, 0.5) is 10.6 Å². The SMILES string of the molecule is COc1nsc(C2CC3(CCN(c4ncnc5c4ccn5COCC[Si](C)(C)C)C3)N2C(N)=O)n1. The molecule has 0 radical (unpaired) electrons. The standard InChI is InChI=1S/C22H32N8O3SSi/c1-32-21-26-19(34-27-21)16-11-22(30(16)20(23)31)6-8-28(12-22)17-15-5-7-29(18(15)25-13-24-17)14-33-9-10-35(2,3)4/h5,7,13,16H,6,8-12,14H2,1-4H3,(H2,23,31). The van der Waals surface area contributed by atoms with Crippen LogP contribution in [0.3, 0.4) is 0 Å². The van der Waals surface area contributed by atoms with Crippen LogP contribution in [-0.4, -0.2) is 75.2 Å². The topological polar surface area (TPSA) is 125 Å². The minimum absolute atomic E-state index is 0.173. The molecular formula is C22H32N8O3SSi. The number of hydrogen-bond donors (Lipinski definition) is 1. The Morgan fingerprint density at radius 3 is 2.89 bits per heavy atom. The quantitative estimate of drug-likeness (QED) is 0.358. The summed E-state index contributed by atoms with van der Waals surface area (Å²) in [6.07, 6.45) is 5.20. The number of likely N-dealkylation sites (tertiary alicyclic amines) is 1. The highest BCUT2D eigenvalue weighted by atomic mass is 32.1. The number of aromatic nitrogens is 5. The highest BCUT2D eigenvalue weighted by Gasteiger charge is 2.58. The van der Waals surface area contributed by atoms with Crippen molar-refractivity contribution < 1.29 is 14.3 Å². The lowest BCUT2D eigenvalue weighted by Crippen LogP contribution is -2.66. The summed E-state index contributed by atoms with van der Waals surface area (Å²) in [6.45, 7) is 9.70. The van der Waals surface area contributed by atoms with Crippen LogP contribution in [0.1, 0.15) is 23.9 Å². The minimum atomic E-state index is -1.13. The van der Waals surface area contributed by atoms with E-state index in [1.165, 1.54) is 18.6 Å². The lowest BCUT2D eigenvalue weighted by atomic mass is 9.78. The molecule has 11 nitrogen and oxygen atoms in total. The molecule has 5 heterocycles. The van der Waals surface area contributed by atoms with Crippen LogP contribution >= 0.6 is 11.5 Å². The van der Waals surface area contributed by atoms with Gasteiger partial charge in [0.15, 0.2) is 0 Å². The van der Waals surface area contributed by atoms with Gasteiger partial charge >= 0.3 is 12.0 Å². The van der Waals surface area contributed by atoms with Gasteiger partial charge in [-0.2, -0.15) is 4.98 Å². The number of hydrogen-bond acceptors (Lipinski definition) is 9. The summed E-state index contributed by atoms with van der Waals surface area (Å²) in [5.74, 6) is 0.873. The second-order valence-electron chi connectivity index (χ2n) is 10.5. The van der Waals surface area contributed by atoms with Crippen molar-refractivity contribution in [3.05, 3.63) is 23.6 Å². The highest BCUT2D eigenvalue weighted by Crippen LogP contribution is 2.52. The molecule has 5 rings (SSSR count). The van der Waals surface area contributed by atoms with Crippen LogP contribution in [-0.2, 0) is 11.5 Å². The second kappa shape index (κ2) is 9.02. The minimum Gasteiger partial charge on any atom is -0.466 e. The van der Waals surface area contributed by atoms with Crippen molar-refractivity contribution in [3.63, 3.8) is 0 Å². The first-order valence-electron chi connectivity index (χ1n) is 11.8. The average Bonchev–Trinajstić information content (AvgIpc) is 3.52. The molecule has 2 aliphatic rings. The molecule has 2 N–H and O–H groups in total. The molecule has 0 aromatic carbocycles. The van der Waals surface area contributed by atoms with Crippen molar-refractivity contribution >= 4 is 42.5 Å². The third-order valence-electron chi connectivity index (χ3n) is 6.92. The third kappa shape index (κ3) is 4.47. The van der Waals surface area contributed by atoms with E-state index in [-0.39, 0.29) is 11.6 Å². The first-order chi connectivity index (χ1) is 16.7. The van der Waals surface area contributed by atoms with Gasteiger partial charge in [-0.3, -0.25) is 0 Å². The summed E-state index contributed by atoms with van der Waals surface area (Å²) in [7, 11) is 0.402. The van der Waals surface area contributed by atoms with Crippen molar-refractivity contribution in [3.8, 4) is 6.01 Å². The molecule has 35 heavy (non-hydrogen) atoms. The molecule has 2 unspecified atom stereocenters. The molecule has 13 heteroatoms. The number of carbonyl (C=O) groups is 1. The van der Waals surface area contributed by atoms with Crippen LogP contribution in [0.2, 0.25) is 25.7 Å². The molecule has 3 aromatic rings. The molecule has 0 aliphatic carbocycles. The molecule has 0 saturated carbocycles. The van der Waals surface area contributed by atoms with E-state index in [0.29, 0.717) is 19.3 Å². The van der Waals surface area contributed by atoms with Gasteiger partial charge in [-0.15, -0.1) is 4.37 Å². The molecule has 2 aliphatic heterocycles. The number of fused-ring (bicyclic) bond motifs is 1. The number of primary amides is 1. The zero-order valence-corrected chi connectivity index (χ0v) is 22.4. The molecule has 0 bridgehead atoms. The van der Waals surface area contributed by atoms with Gasteiger partial charge in [-0.25, -0.2) is 14.8 Å². The van der Waals surface area contributed by atoms with Crippen LogP contribution < -0.4 is 15.4 Å². The number of carbonyl (C=O) groups excluding carboxylic acids is 1. The fourth-order valence-corrected chi connectivity index (χ4v) is 6.55. The highest BCUT2D eigenvalue weighted by molar-refractivity contribution is 7.05. The van der Waals surface area contributed by atoms with E-state index >= 15 is 0 Å². The lowest BCUT2D eigenvalue weighted by molar-refractivity contribution is -0.0172. The average molecular weight is 517 g/mol. The van der Waals surface area contributed by atoms with Gasteiger partial charge in [0, 0.05) is 34.0 Å². The van der Waals surface area contributed by atoms with Crippen molar-refractivity contribution in [2.24, 2.45) is 5.73 Å².